The average molecular weight is 209 g/mol. The lowest BCUT2D eigenvalue weighted by Gasteiger charge is -2.04. The van der Waals surface area contributed by atoms with E-state index in [1.165, 1.54) is 6.08 Å². The third-order valence-electron chi connectivity index (χ3n) is 1.73. The molecule has 1 aromatic carbocycles. The van der Waals surface area contributed by atoms with Gasteiger partial charge in [0.2, 0.25) is 0 Å². The first-order valence-electron chi connectivity index (χ1n) is 4.49. The first-order chi connectivity index (χ1) is 7.26. The third-order valence-corrected chi connectivity index (χ3v) is 1.73. The summed E-state index contributed by atoms with van der Waals surface area (Å²) in [7, 11) is 0. The van der Waals surface area contributed by atoms with Crippen molar-refractivity contribution in [3.63, 3.8) is 0 Å². The van der Waals surface area contributed by atoms with Crippen LogP contribution in [0.2, 0.25) is 0 Å². The molecule has 0 fully saturated rings. The van der Waals surface area contributed by atoms with Crippen LogP contribution < -0.4 is 10.5 Å². The second-order valence-electron chi connectivity index (χ2n) is 2.86. The SMILES string of the molecule is NC/C=C(/F)COc1ccc(C=O)cc1. The zero-order valence-corrected chi connectivity index (χ0v) is 8.15. The molecule has 1 rings (SSSR count). The predicted octanol–water partition coefficient (Wildman–Crippen LogP) is 1.69. The van der Waals surface area contributed by atoms with Gasteiger partial charge in [-0.1, -0.05) is 0 Å². The maximum Gasteiger partial charge on any atom is 0.150 e. The van der Waals surface area contributed by atoms with E-state index in [1.807, 2.05) is 0 Å². The molecule has 0 bridgehead atoms. The molecule has 4 heteroatoms. The topological polar surface area (TPSA) is 52.3 Å². The van der Waals surface area contributed by atoms with E-state index in [1.54, 1.807) is 24.3 Å². The number of hydrogen-bond donors (Lipinski definition) is 1. The van der Waals surface area contributed by atoms with Crippen molar-refractivity contribution in [1.82, 2.24) is 0 Å². The Balaban J connectivity index is 2.51. The van der Waals surface area contributed by atoms with Crippen LogP contribution in [0.4, 0.5) is 4.39 Å². The Morgan fingerprint density at radius 3 is 2.60 bits per heavy atom. The number of halogens is 1. The van der Waals surface area contributed by atoms with E-state index in [0.29, 0.717) is 11.3 Å². The molecule has 15 heavy (non-hydrogen) atoms. The van der Waals surface area contributed by atoms with Gasteiger partial charge < -0.3 is 10.5 Å². The predicted molar refractivity (Wildman–Crippen MR) is 55.6 cm³/mol. The first kappa shape index (κ1) is 11.4. The van der Waals surface area contributed by atoms with Crippen molar-refractivity contribution in [1.29, 1.82) is 0 Å². The van der Waals surface area contributed by atoms with Crippen molar-refractivity contribution >= 4 is 6.29 Å². The Morgan fingerprint density at radius 1 is 1.40 bits per heavy atom. The Morgan fingerprint density at radius 2 is 2.07 bits per heavy atom. The molecule has 1 aromatic rings. The molecule has 2 N–H and O–H groups in total. The fraction of sp³-hybridized carbons (Fsp3) is 0.182. The van der Waals surface area contributed by atoms with Gasteiger partial charge >= 0.3 is 0 Å². The van der Waals surface area contributed by atoms with E-state index in [2.05, 4.69) is 0 Å². The highest BCUT2D eigenvalue weighted by Gasteiger charge is 1.97. The quantitative estimate of drug-likeness (QED) is 0.751. The summed E-state index contributed by atoms with van der Waals surface area (Å²) in [5, 5.41) is 0. The third kappa shape index (κ3) is 3.91. The van der Waals surface area contributed by atoms with Gasteiger partial charge in [-0.15, -0.1) is 0 Å². The summed E-state index contributed by atoms with van der Waals surface area (Å²) in [6, 6.07) is 6.43. The zero-order valence-electron chi connectivity index (χ0n) is 8.15. The molecule has 0 aromatic heterocycles. The summed E-state index contributed by atoms with van der Waals surface area (Å²) >= 11 is 0. The van der Waals surface area contributed by atoms with E-state index in [9.17, 15) is 9.18 Å². The van der Waals surface area contributed by atoms with Crippen LogP contribution >= 0.6 is 0 Å². The second kappa shape index (κ2) is 5.93. The standard InChI is InChI=1S/C11H12FNO2/c12-10(5-6-13)8-15-11-3-1-9(7-14)2-4-11/h1-5,7H,6,8,13H2/b10-5+. The molecule has 0 saturated heterocycles. The number of carbonyl (C=O) groups is 1. The molecule has 0 atom stereocenters. The number of hydrogen-bond acceptors (Lipinski definition) is 3. The maximum atomic E-state index is 12.8. The highest BCUT2D eigenvalue weighted by molar-refractivity contribution is 5.74. The number of aldehydes is 1. The summed E-state index contributed by atoms with van der Waals surface area (Å²) in [5.41, 5.74) is 5.68. The molecule has 3 nitrogen and oxygen atoms in total. The molecule has 80 valence electrons. The van der Waals surface area contributed by atoms with Crippen LogP contribution in [0.5, 0.6) is 5.75 Å². The van der Waals surface area contributed by atoms with Crippen molar-refractivity contribution < 1.29 is 13.9 Å². The molecule has 0 amide bonds. The lowest BCUT2D eigenvalue weighted by Crippen LogP contribution is -2.01. The smallest absolute Gasteiger partial charge is 0.150 e. The lowest BCUT2D eigenvalue weighted by atomic mass is 10.2. The minimum absolute atomic E-state index is 0.141. The van der Waals surface area contributed by atoms with E-state index in [4.69, 9.17) is 10.5 Å². The fourth-order valence-corrected chi connectivity index (χ4v) is 0.982. The average Bonchev–Trinajstić information content (AvgIpc) is 2.27. The van der Waals surface area contributed by atoms with Crippen molar-refractivity contribution in [2.75, 3.05) is 13.2 Å². The molecule has 0 aliphatic carbocycles. The van der Waals surface area contributed by atoms with Crippen molar-refractivity contribution in [3.05, 3.63) is 41.7 Å². The van der Waals surface area contributed by atoms with Gasteiger partial charge in [0.05, 0.1) is 0 Å². The molecule has 0 spiro atoms. The Bertz CT molecular complexity index is 346. The highest BCUT2D eigenvalue weighted by Crippen LogP contribution is 2.12. The Hall–Kier alpha value is -1.68. The first-order valence-corrected chi connectivity index (χ1v) is 4.49. The number of carbonyl (C=O) groups excluding carboxylic acids is 1. The number of benzene rings is 1. The monoisotopic (exact) mass is 209 g/mol. The Labute approximate surface area is 87.3 Å². The molecular formula is C11H12FNO2. The van der Waals surface area contributed by atoms with Gasteiger partial charge in [0.15, 0.2) is 0 Å². The van der Waals surface area contributed by atoms with E-state index >= 15 is 0 Å². The van der Waals surface area contributed by atoms with E-state index < -0.39 is 5.83 Å². The molecule has 0 radical (unpaired) electrons. The minimum atomic E-state index is -0.406. The molecule has 0 heterocycles. The van der Waals surface area contributed by atoms with Crippen LogP contribution in [0.15, 0.2) is 36.2 Å². The van der Waals surface area contributed by atoms with Gasteiger partial charge in [-0.25, -0.2) is 4.39 Å². The van der Waals surface area contributed by atoms with Crippen LogP contribution in [0.3, 0.4) is 0 Å². The van der Waals surface area contributed by atoms with Crippen molar-refractivity contribution in [2.24, 2.45) is 5.73 Å². The normalized spacial score (nSPS) is 11.2. The van der Waals surface area contributed by atoms with Gasteiger partial charge in [0, 0.05) is 12.1 Å². The van der Waals surface area contributed by atoms with Crippen molar-refractivity contribution in [3.8, 4) is 5.75 Å². The molecule has 0 aliphatic heterocycles. The molecule has 0 aliphatic rings. The fourth-order valence-electron chi connectivity index (χ4n) is 0.982. The van der Waals surface area contributed by atoms with Gasteiger partial charge in [-0.2, -0.15) is 0 Å². The number of rotatable bonds is 5. The van der Waals surface area contributed by atoms with Crippen LogP contribution in [0.25, 0.3) is 0 Å². The van der Waals surface area contributed by atoms with E-state index in [0.717, 1.165) is 6.29 Å². The molecule has 0 unspecified atom stereocenters. The lowest BCUT2D eigenvalue weighted by molar-refractivity contribution is 0.112. The van der Waals surface area contributed by atoms with Crippen LogP contribution in [-0.4, -0.2) is 19.4 Å². The van der Waals surface area contributed by atoms with Gasteiger partial charge in [0.1, 0.15) is 24.5 Å². The van der Waals surface area contributed by atoms with Crippen LogP contribution in [0.1, 0.15) is 10.4 Å². The van der Waals surface area contributed by atoms with Gasteiger partial charge in [-0.3, -0.25) is 4.79 Å². The summed E-state index contributed by atoms with van der Waals surface area (Å²) in [4.78, 5) is 10.3. The summed E-state index contributed by atoms with van der Waals surface area (Å²) in [6.45, 7) is 0.0108. The summed E-state index contributed by atoms with van der Waals surface area (Å²) in [5.74, 6) is 0.109. The van der Waals surface area contributed by atoms with Crippen LogP contribution in [-0.2, 0) is 0 Å². The minimum Gasteiger partial charge on any atom is -0.487 e. The number of nitrogens with two attached hydrogens (primary N) is 1. The molecular weight excluding hydrogens is 197 g/mol. The van der Waals surface area contributed by atoms with E-state index in [-0.39, 0.29) is 13.2 Å². The van der Waals surface area contributed by atoms with Gasteiger partial charge in [-0.05, 0) is 30.3 Å². The zero-order chi connectivity index (χ0) is 11.1. The molecule has 0 saturated carbocycles. The van der Waals surface area contributed by atoms with Gasteiger partial charge in [0.25, 0.3) is 0 Å². The largest absolute Gasteiger partial charge is 0.487 e. The van der Waals surface area contributed by atoms with Crippen LogP contribution in [0, 0.1) is 0 Å². The maximum absolute atomic E-state index is 12.8. The second-order valence-corrected chi connectivity index (χ2v) is 2.86. The summed E-state index contributed by atoms with van der Waals surface area (Å²) in [6.07, 6.45) is 1.98. The highest BCUT2D eigenvalue weighted by atomic mass is 19.1. The Kier molecular flexibility index (Phi) is 4.50. The van der Waals surface area contributed by atoms with Crippen molar-refractivity contribution in [2.45, 2.75) is 0 Å². The number of ether oxygens (including phenoxy) is 1. The summed E-state index contributed by atoms with van der Waals surface area (Å²) < 4.78 is 17.9.